The van der Waals surface area contributed by atoms with Crippen LogP contribution in [-0.4, -0.2) is 0 Å². The zero-order valence-electron chi connectivity index (χ0n) is 11.5. The molecule has 1 aromatic rings. The Kier molecular flexibility index (Phi) is 3.08. The van der Waals surface area contributed by atoms with E-state index in [1.165, 1.54) is 23.8 Å². The maximum atomic E-state index is 14.0. The van der Waals surface area contributed by atoms with E-state index in [1.54, 1.807) is 0 Å². The molecule has 0 saturated carbocycles. The van der Waals surface area contributed by atoms with Crippen molar-refractivity contribution in [1.29, 1.82) is 0 Å². The summed E-state index contributed by atoms with van der Waals surface area (Å²) in [5.74, 6) is -0.692. The molecule has 0 N–H and O–H groups in total. The Balaban J connectivity index is 2.54. The quantitative estimate of drug-likeness (QED) is 0.616. The maximum Gasteiger partial charge on any atom is 0.127 e. The molecule has 0 aliphatic heterocycles. The Hall–Kier alpha value is -1.18. The van der Waals surface area contributed by atoms with E-state index in [-0.39, 0.29) is 17.0 Å². The normalized spacial score (nSPS) is 26.9. The average Bonchev–Trinajstić information content (AvgIpc) is 2.17. The van der Waals surface area contributed by atoms with Crippen LogP contribution < -0.4 is 0 Å². The summed E-state index contributed by atoms with van der Waals surface area (Å²) < 4.78 is 27.4. The molecule has 0 amide bonds. The van der Waals surface area contributed by atoms with Crippen LogP contribution in [0.25, 0.3) is 0 Å². The van der Waals surface area contributed by atoms with Gasteiger partial charge < -0.3 is 0 Å². The Morgan fingerprint density at radius 1 is 1.11 bits per heavy atom. The Morgan fingerprint density at radius 2 is 1.78 bits per heavy atom. The molecule has 1 aliphatic rings. The van der Waals surface area contributed by atoms with E-state index in [2.05, 4.69) is 26.8 Å². The van der Waals surface area contributed by atoms with Gasteiger partial charge in [-0.1, -0.05) is 32.4 Å². The number of benzene rings is 1. The molecule has 0 bridgehead atoms. The van der Waals surface area contributed by atoms with Gasteiger partial charge in [-0.15, -0.1) is 0 Å². The predicted molar refractivity (Wildman–Crippen MR) is 70.5 cm³/mol. The lowest BCUT2D eigenvalue weighted by molar-refractivity contribution is 0.249. The molecule has 18 heavy (non-hydrogen) atoms. The molecule has 0 spiro atoms. The molecule has 98 valence electrons. The predicted octanol–water partition coefficient (Wildman–Crippen LogP) is 4.99. The topological polar surface area (TPSA) is 0 Å². The highest BCUT2D eigenvalue weighted by molar-refractivity contribution is 5.35. The lowest BCUT2D eigenvalue weighted by Gasteiger charge is -2.41. The van der Waals surface area contributed by atoms with Crippen LogP contribution in [0.3, 0.4) is 0 Å². The lowest BCUT2D eigenvalue weighted by Crippen LogP contribution is -2.33. The number of halogens is 2. The van der Waals surface area contributed by atoms with Gasteiger partial charge in [-0.2, -0.15) is 0 Å². The van der Waals surface area contributed by atoms with Gasteiger partial charge >= 0.3 is 0 Å². The van der Waals surface area contributed by atoms with E-state index >= 15 is 0 Å². The summed E-state index contributed by atoms with van der Waals surface area (Å²) in [7, 11) is 0. The van der Waals surface area contributed by atoms with E-state index in [4.69, 9.17) is 0 Å². The summed E-state index contributed by atoms with van der Waals surface area (Å²) in [5.41, 5.74) is 1.41. The van der Waals surface area contributed by atoms with Gasteiger partial charge in [-0.3, -0.25) is 0 Å². The molecule has 0 saturated heterocycles. The summed E-state index contributed by atoms with van der Waals surface area (Å²) in [4.78, 5) is 0. The van der Waals surface area contributed by atoms with E-state index in [9.17, 15) is 8.78 Å². The maximum absolute atomic E-state index is 14.0. The van der Waals surface area contributed by atoms with Gasteiger partial charge in [0.2, 0.25) is 0 Å². The summed E-state index contributed by atoms with van der Waals surface area (Å²) in [5, 5.41) is 0. The summed E-state index contributed by atoms with van der Waals surface area (Å²) in [6.45, 7) is 8.42. The van der Waals surface area contributed by atoms with Crippen molar-refractivity contribution in [2.24, 2.45) is 5.41 Å². The van der Waals surface area contributed by atoms with E-state index < -0.39 is 5.41 Å². The fourth-order valence-corrected chi connectivity index (χ4v) is 3.57. The molecule has 0 nitrogen and oxygen atoms in total. The third kappa shape index (κ3) is 2.47. The van der Waals surface area contributed by atoms with Crippen LogP contribution in [0.1, 0.15) is 46.1 Å². The standard InChI is InChI=1S/C16H20F2/c1-11-8-15(2,3)10-16(4,9-11)13-7-12(17)5-6-14(13)18/h5-7,9H,8,10H2,1-4H3/t16-/m0/s1. The molecule has 1 atom stereocenters. The molecule has 1 aromatic carbocycles. The third-order valence-corrected chi connectivity index (χ3v) is 3.71. The SMILES string of the molecule is CC1=C[C@](C)(c2cc(F)ccc2F)CC(C)(C)C1. The first-order valence-electron chi connectivity index (χ1n) is 6.36. The van der Waals surface area contributed by atoms with Crippen molar-refractivity contribution in [2.75, 3.05) is 0 Å². The van der Waals surface area contributed by atoms with Crippen LogP contribution in [0.15, 0.2) is 29.8 Å². The van der Waals surface area contributed by atoms with Crippen molar-refractivity contribution in [2.45, 2.75) is 46.0 Å². The minimum Gasteiger partial charge on any atom is -0.207 e. The smallest absolute Gasteiger partial charge is 0.127 e. The fourth-order valence-electron chi connectivity index (χ4n) is 3.57. The van der Waals surface area contributed by atoms with E-state index in [1.807, 2.05) is 6.92 Å². The van der Waals surface area contributed by atoms with Crippen LogP contribution in [0.2, 0.25) is 0 Å². The molecule has 0 aromatic heterocycles. The van der Waals surface area contributed by atoms with Crippen molar-refractivity contribution < 1.29 is 8.78 Å². The highest BCUT2D eigenvalue weighted by Gasteiger charge is 2.38. The number of hydrogen-bond donors (Lipinski definition) is 0. The molecule has 0 radical (unpaired) electrons. The van der Waals surface area contributed by atoms with Crippen molar-refractivity contribution in [3.8, 4) is 0 Å². The minimum atomic E-state index is -0.419. The number of allylic oxidation sites excluding steroid dienone is 2. The second-order valence-corrected chi connectivity index (χ2v) is 6.55. The average molecular weight is 250 g/mol. The van der Waals surface area contributed by atoms with Crippen molar-refractivity contribution in [1.82, 2.24) is 0 Å². The van der Waals surface area contributed by atoms with Crippen LogP contribution in [0.5, 0.6) is 0 Å². The van der Waals surface area contributed by atoms with E-state index in [0.29, 0.717) is 5.56 Å². The van der Waals surface area contributed by atoms with Crippen LogP contribution in [-0.2, 0) is 5.41 Å². The monoisotopic (exact) mass is 250 g/mol. The first kappa shape index (κ1) is 13.3. The van der Waals surface area contributed by atoms with Gasteiger partial charge in [-0.25, -0.2) is 8.78 Å². The highest BCUT2D eigenvalue weighted by Crippen LogP contribution is 2.46. The van der Waals surface area contributed by atoms with Gasteiger partial charge in [0.05, 0.1) is 0 Å². The Bertz CT molecular complexity index is 500. The molecule has 1 aliphatic carbocycles. The highest BCUT2D eigenvalue weighted by atomic mass is 19.1. The third-order valence-electron chi connectivity index (χ3n) is 3.71. The second-order valence-electron chi connectivity index (χ2n) is 6.55. The molecule has 2 heteroatoms. The molecule has 0 unspecified atom stereocenters. The van der Waals surface area contributed by atoms with Gasteiger partial charge in [0.25, 0.3) is 0 Å². The van der Waals surface area contributed by atoms with Crippen LogP contribution >= 0.6 is 0 Å². The van der Waals surface area contributed by atoms with Gasteiger partial charge in [0, 0.05) is 11.0 Å². The largest absolute Gasteiger partial charge is 0.207 e. The zero-order valence-corrected chi connectivity index (χ0v) is 11.5. The summed E-state index contributed by atoms with van der Waals surface area (Å²) >= 11 is 0. The summed E-state index contributed by atoms with van der Waals surface area (Å²) in [6, 6.07) is 3.73. The lowest BCUT2D eigenvalue weighted by atomic mass is 9.63. The molecular weight excluding hydrogens is 230 g/mol. The van der Waals surface area contributed by atoms with Crippen molar-refractivity contribution in [3.05, 3.63) is 47.0 Å². The number of rotatable bonds is 1. The number of hydrogen-bond acceptors (Lipinski definition) is 0. The molecule has 0 heterocycles. The van der Waals surface area contributed by atoms with Gasteiger partial charge in [0.15, 0.2) is 0 Å². The summed E-state index contributed by atoms with van der Waals surface area (Å²) in [6.07, 6.45) is 3.94. The fraction of sp³-hybridized carbons (Fsp3) is 0.500. The minimum absolute atomic E-state index is 0.117. The van der Waals surface area contributed by atoms with Crippen molar-refractivity contribution >= 4 is 0 Å². The molecule has 2 rings (SSSR count). The Labute approximate surface area is 108 Å². The Morgan fingerprint density at radius 3 is 2.39 bits per heavy atom. The van der Waals surface area contributed by atoms with Crippen LogP contribution in [0.4, 0.5) is 8.78 Å². The molecular formula is C16H20F2. The van der Waals surface area contributed by atoms with Crippen LogP contribution in [0, 0.1) is 17.0 Å². The first-order valence-corrected chi connectivity index (χ1v) is 6.36. The van der Waals surface area contributed by atoms with Gasteiger partial charge in [0.1, 0.15) is 11.6 Å². The zero-order chi connectivity index (χ0) is 13.6. The second kappa shape index (κ2) is 4.18. The van der Waals surface area contributed by atoms with Gasteiger partial charge in [-0.05, 0) is 43.4 Å². The first-order chi connectivity index (χ1) is 8.22. The molecule has 0 fully saturated rings. The van der Waals surface area contributed by atoms with E-state index in [0.717, 1.165) is 12.8 Å². The van der Waals surface area contributed by atoms with Crippen molar-refractivity contribution in [3.63, 3.8) is 0 Å².